The zero-order valence-electron chi connectivity index (χ0n) is 11.8. The lowest BCUT2D eigenvalue weighted by Crippen LogP contribution is -2.48. The molecule has 1 saturated heterocycles. The van der Waals surface area contributed by atoms with E-state index in [9.17, 15) is 9.90 Å². The summed E-state index contributed by atoms with van der Waals surface area (Å²) < 4.78 is 0. The Bertz CT molecular complexity index is 526. The van der Waals surface area contributed by atoms with Crippen molar-refractivity contribution in [2.75, 3.05) is 30.7 Å². The Balaban J connectivity index is 1.99. The fourth-order valence-corrected chi connectivity index (χ4v) is 3.15. The number of halogens is 2. The number of rotatable bonds is 3. The zero-order valence-corrected chi connectivity index (χ0v) is 13.3. The molecule has 1 aromatic carbocycles. The van der Waals surface area contributed by atoms with Crippen LogP contribution in [0.3, 0.4) is 0 Å². The van der Waals surface area contributed by atoms with Crippen molar-refractivity contribution in [1.82, 2.24) is 4.90 Å². The minimum Gasteiger partial charge on any atom is -0.399 e. The summed E-state index contributed by atoms with van der Waals surface area (Å²) in [7, 11) is 0. The molecule has 4 N–H and O–H groups in total. The summed E-state index contributed by atoms with van der Waals surface area (Å²) in [5, 5.41) is 13.3. The lowest BCUT2D eigenvalue weighted by Gasteiger charge is -2.36. The summed E-state index contributed by atoms with van der Waals surface area (Å²) >= 11 is 12.1. The number of amides is 1. The molecule has 1 fully saturated rings. The number of β-amino-alcohol motifs (C(OH)–C–C–N with tert-alkyl or cyclic N) is 1. The predicted octanol–water partition coefficient (Wildman–Crippen LogP) is 2.36. The van der Waals surface area contributed by atoms with Gasteiger partial charge in [-0.3, -0.25) is 9.69 Å². The van der Waals surface area contributed by atoms with Gasteiger partial charge in [-0.1, -0.05) is 23.2 Å². The van der Waals surface area contributed by atoms with Crippen LogP contribution < -0.4 is 11.1 Å². The molecule has 0 aliphatic carbocycles. The van der Waals surface area contributed by atoms with E-state index in [0.717, 1.165) is 19.4 Å². The fraction of sp³-hybridized carbons (Fsp3) is 0.500. The van der Waals surface area contributed by atoms with Gasteiger partial charge in [0.1, 0.15) is 0 Å². The molecule has 2 rings (SSSR count). The molecular formula is C14H19Cl2N3O2. The van der Waals surface area contributed by atoms with Crippen molar-refractivity contribution in [3.63, 3.8) is 0 Å². The van der Waals surface area contributed by atoms with E-state index in [4.69, 9.17) is 28.9 Å². The van der Waals surface area contributed by atoms with Crippen molar-refractivity contribution < 1.29 is 9.90 Å². The van der Waals surface area contributed by atoms with E-state index in [1.54, 1.807) is 6.92 Å². The van der Waals surface area contributed by atoms with Crippen LogP contribution in [0, 0.1) is 0 Å². The number of carbonyl (C=O) groups excluding carboxylic acids is 1. The quantitative estimate of drug-likeness (QED) is 0.743. The van der Waals surface area contributed by atoms with Gasteiger partial charge in [0.25, 0.3) is 0 Å². The van der Waals surface area contributed by atoms with Crippen molar-refractivity contribution in [3.8, 4) is 0 Å². The topological polar surface area (TPSA) is 78.6 Å². The summed E-state index contributed by atoms with van der Waals surface area (Å²) in [5.74, 6) is -0.221. The largest absolute Gasteiger partial charge is 0.399 e. The third kappa shape index (κ3) is 4.48. The minimum absolute atomic E-state index is 0.188. The van der Waals surface area contributed by atoms with Gasteiger partial charge in [0, 0.05) is 12.2 Å². The molecule has 1 unspecified atom stereocenters. The van der Waals surface area contributed by atoms with Crippen LogP contribution in [-0.4, -0.2) is 41.1 Å². The number of nitrogens with two attached hydrogens (primary N) is 1. The van der Waals surface area contributed by atoms with Crippen LogP contribution in [0.1, 0.15) is 19.8 Å². The molecule has 1 amide bonds. The molecule has 5 nitrogen and oxygen atoms in total. The molecule has 0 saturated carbocycles. The Morgan fingerprint density at radius 2 is 2.10 bits per heavy atom. The number of piperidine rings is 1. The summed E-state index contributed by atoms with van der Waals surface area (Å²) in [6.07, 6.45) is 1.62. The zero-order chi connectivity index (χ0) is 15.6. The van der Waals surface area contributed by atoms with Crippen molar-refractivity contribution >= 4 is 40.5 Å². The Hall–Kier alpha value is -1.01. The Morgan fingerprint density at radius 1 is 1.48 bits per heavy atom. The van der Waals surface area contributed by atoms with E-state index in [0.29, 0.717) is 28.0 Å². The van der Waals surface area contributed by atoms with Gasteiger partial charge in [0.05, 0.1) is 27.9 Å². The molecule has 0 spiro atoms. The first-order chi connectivity index (χ1) is 9.77. The van der Waals surface area contributed by atoms with Gasteiger partial charge in [-0.25, -0.2) is 0 Å². The lowest BCUT2D eigenvalue weighted by molar-refractivity contribution is -0.118. The number of hydrogen-bond donors (Lipinski definition) is 3. The molecule has 1 heterocycles. The van der Waals surface area contributed by atoms with Gasteiger partial charge in [0.15, 0.2) is 0 Å². The highest BCUT2D eigenvalue weighted by Gasteiger charge is 2.29. The van der Waals surface area contributed by atoms with Crippen molar-refractivity contribution in [2.45, 2.75) is 25.4 Å². The molecule has 7 heteroatoms. The fourth-order valence-electron chi connectivity index (χ4n) is 2.55. The molecule has 1 aromatic rings. The van der Waals surface area contributed by atoms with E-state index in [1.165, 1.54) is 12.1 Å². The third-order valence-corrected chi connectivity index (χ3v) is 4.05. The molecule has 0 bridgehead atoms. The first kappa shape index (κ1) is 16.4. The highest BCUT2D eigenvalue weighted by atomic mass is 35.5. The number of nitrogens with one attached hydrogen (secondary N) is 1. The smallest absolute Gasteiger partial charge is 0.238 e. The number of benzene rings is 1. The van der Waals surface area contributed by atoms with E-state index in [2.05, 4.69) is 5.32 Å². The average Bonchev–Trinajstić information content (AvgIpc) is 2.32. The molecule has 1 atom stereocenters. The van der Waals surface area contributed by atoms with Crippen LogP contribution in [0.4, 0.5) is 11.4 Å². The highest BCUT2D eigenvalue weighted by Crippen LogP contribution is 2.32. The maximum absolute atomic E-state index is 12.1. The van der Waals surface area contributed by atoms with Gasteiger partial charge in [0.2, 0.25) is 5.91 Å². The Kier molecular flexibility index (Phi) is 4.99. The summed E-state index contributed by atoms with van der Waals surface area (Å²) in [6.45, 7) is 3.23. The number of nitrogens with zero attached hydrogens (tertiary/aromatic N) is 1. The SMILES string of the molecule is CC1(O)CCCN(CC(=O)Nc2c(Cl)cc(N)cc2Cl)C1. The standard InChI is InChI=1S/C14H19Cl2N3O2/c1-14(21)3-2-4-19(8-14)7-12(20)18-13-10(15)5-9(17)6-11(13)16/h5-6,21H,2-4,7-8,17H2,1H3,(H,18,20). The van der Waals surface area contributed by atoms with Crippen LogP contribution >= 0.6 is 23.2 Å². The molecule has 1 aliphatic rings. The van der Waals surface area contributed by atoms with Crippen LogP contribution in [-0.2, 0) is 4.79 Å². The van der Waals surface area contributed by atoms with Gasteiger partial charge < -0.3 is 16.2 Å². The van der Waals surface area contributed by atoms with Gasteiger partial charge in [-0.2, -0.15) is 0 Å². The number of hydrogen-bond acceptors (Lipinski definition) is 4. The third-order valence-electron chi connectivity index (χ3n) is 3.45. The van der Waals surface area contributed by atoms with E-state index in [-0.39, 0.29) is 12.5 Å². The number of nitrogen functional groups attached to an aromatic ring is 1. The molecule has 1 aliphatic heterocycles. The van der Waals surface area contributed by atoms with Crippen LogP contribution in [0.25, 0.3) is 0 Å². The summed E-state index contributed by atoms with van der Waals surface area (Å²) in [5.41, 5.74) is 5.68. The lowest BCUT2D eigenvalue weighted by atomic mass is 9.95. The van der Waals surface area contributed by atoms with Crippen molar-refractivity contribution in [1.29, 1.82) is 0 Å². The molecule has 0 aromatic heterocycles. The number of aliphatic hydroxyl groups is 1. The normalized spacial score (nSPS) is 23.0. The minimum atomic E-state index is -0.741. The van der Waals surface area contributed by atoms with Gasteiger partial charge >= 0.3 is 0 Å². The predicted molar refractivity (Wildman–Crippen MR) is 85.8 cm³/mol. The average molecular weight is 332 g/mol. The molecule has 0 radical (unpaired) electrons. The molecule has 116 valence electrons. The van der Waals surface area contributed by atoms with Crippen molar-refractivity contribution in [3.05, 3.63) is 22.2 Å². The van der Waals surface area contributed by atoms with Crippen LogP contribution in [0.5, 0.6) is 0 Å². The maximum Gasteiger partial charge on any atom is 0.238 e. The molecule has 21 heavy (non-hydrogen) atoms. The van der Waals surface area contributed by atoms with Gasteiger partial charge in [-0.05, 0) is 38.4 Å². The summed E-state index contributed by atoms with van der Waals surface area (Å²) in [6, 6.07) is 3.07. The second kappa shape index (κ2) is 6.40. The highest BCUT2D eigenvalue weighted by molar-refractivity contribution is 6.40. The molecular weight excluding hydrogens is 313 g/mol. The number of carbonyl (C=O) groups is 1. The van der Waals surface area contributed by atoms with Crippen molar-refractivity contribution in [2.24, 2.45) is 0 Å². The van der Waals surface area contributed by atoms with Crippen LogP contribution in [0.2, 0.25) is 10.0 Å². The monoisotopic (exact) mass is 331 g/mol. The second-order valence-corrected chi connectivity index (χ2v) is 6.53. The van der Waals surface area contributed by atoms with Gasteiger partial charge in [-0.15, -0.1) is 0 Å². The first-order valence-corrected chi connectivity index (χ1v) is 7.51. The summed E-state index contributed by atoms with van der Waals surface area (Å²) in [4.78, 5) is 14.0. The Labute approximate surface area is 134 Å². The van der Waals surface area contributed by atoms with E-state index >= 15 is 0 Å². The number of likely N-dealkylation sites (tertiary alicyclic amines) is 1. The van der Waals surface area contributed by atoms with Crippen LogP contribution in [0.15, 0.2) is 12.1 Å². The Morgan fingerprint density at radius 3 is 2.67 bits per heavy atom. The second-order valence-electron chi connectivity index (χ2n) is 5.72. The maximum atomic E-state index is 12.1. The number of anilines is 2. The van der Waals surface area contributed by atoms with E-state index in [1.807, 2.05) is 4.90 Å². The van der Waals surface area contributed by atoms with E-state index < -0.39 is 5.60 Å². The first-order valence-electron chi connectivity index (χ1n) is 6.76.